The van der Waals surface area contributed by atoms with Gasteiger partial charge in [0.15, 0.2) is 0 Å². The van der Waals surface area contributed by atoms with Crippen LogP contribution >= 0.6 is 0 Å². The lowest BCUT2D eigenvalue weighted by Gasteiger charge is -2.48. The average molecular weight is 1120 g/mol. The standard InChI is InChI=1S/C34H50N4.C32H42N4.4C2H6/c1-6-15-30-18-14-21-33(32(30)7-2)34(37-26-24-36(25-27-37)31-19-12-9-13-20-31)28(3)38(35(4)5)23-22-29-16-10-8-11-17-29;1-6-30-26(3)11-10-14-31(30)32(27(4)36(33-5)20-19-28-12-8-7-9-13-28)35-23-21-34(22-24-35)29-17-15-25(2)16-18-29;4*1-2/h6-8,10-11,14-18,21,28,31,34H,2,9,12-13,19-20,22-27H2,1,3-5H3;6-15,17-18,25,32-33H,1,4,16,19-24H2,2-3,5H3;4*1-2H3/b15-6-;;;;;. The maximum atomic E-state index is 4.66. The number of hydrazine groups is 2. The summed E-state index contributed by atoms with van der Waals surface area (Å²) < 4.78 is 0. The normalized spacial score (nSPS) is 17.8. The number of nitrogens with zero attached hydrogens (tertiary/aromatic N) is 7. The van der Waals surface area contributed by atoms with Gasteiger partial charge in [-0.3, -0.25) is 14.7 Å². The maximum Gasteiger partial charge on any atom is 0.0768 e. The number of piperazine rings is 2. The van der Waals surface area contributed by atoms with E-state index in [-0.39, 0.29) is 6.04 Å². The van der Waals surface area contributed by atoms with Crippen LogP contribution in [0.15, 0.2) is 152 Å². The average Bonchev–Trinajstić information content (AvgIpc) is 3.72. The highest BCUT2D eigenvalue weighted by atomic mass is 15.6. The number of aryl methyl sites for hydroxylation is 1. The summed E-state index contributed by atoms with van der Waals surface area (Å²) in [5.74, 6) is 0.643. The molecule has 1 saturated carbocycles. The van der Waals surface area contributed by atoms with Gasteiger partial charge in [-0.25, -0.2) is 15.4 Å². The van der Waals surface area contributed by atoms with E-state index in [1.54, 1.807) is 0 Å². The fourth-order valence-electron chi connectivity index (χ4n) is 12.3. The summed E-state index contributed by atoms with van der Waals surface area (Å²) in [5.41, 5.74) is 16.3. The van der Waals surface area contributed by atoms with E-state index in [1.807, 2.05) is 68.5 Å². The van der Waals surface area contributed by atoms with Gasteiger partial charge in [-0.15, -0.1) is 0 Å². The van der Waals surface area contributed by atoms with E-state index in [1.165, 1.54) is 95.4 Å². The van der Waals surface area contributed by atoms with Gasteiger partial charge in [0.25, 0.3) is 0 Å². The number of allylic oxidation sites excluding steroid dienone is 4. The number of hydrogen-bond acceptors (Lipinski definition) is 8. The highest BCUT2D eigenvalue weighted by Crippen LogP contribution is 2.37. The summed E-state index contributed by atoms with van der Waals surface area (Å²) in [4.78, 5) is 10.7. The van der Waals surface area contributed by atoms with Gasteiger partial charge in [0.1, 0.15) is 0 Å². The van der Waals surface area contributed by atoms with Crippen LogP contribution < -0.4 is 5.43 Å². The first-order chi connectivity index (χ1) is 40.0. The summed E-state index contributed by atoms with van der Waals surface area (Å²) in [7, 11) is 6.40. The Balaban J connectivity index is 0.000000384. The number of hydrogen-bond donors (Lipinski definition) is 1. The number of benzene rings is 4. The first kappa shape index (κ1) is 70.9. The molecular weight excluding hydrogens is 1000 g/mol. The molecule has 2 aliphatic heterocycles. The largest absolute Gasteiger partial charge is 0.369 e. The lowest BCUT2D eigenvalue weighted by molar-refractivity contribution is -0.0563. The van der Waals surface area contributed by atoms with Gasteiger partial charge in [-0.05, 0) is 109 Å². The zero-order valence-corrected chi connectivity index (χ0v) is 54.6. The van der Waals surface area contributed by atoms with Crippen LogP contribution in [0, 0.1) is 12.8 Å². The Bertz CT molecular complexity index is 2450. The molecular formula is C74H116N8. The van der Waals surface area contributed by atoms with Crippen LogP contribution in [0.3, 0.4) is 0 Å². The van der Waals surface area contributed by atoms with Gasteiger partial charge in [0, 0.05) is 110 Å². The Morgan fingerprint density at radius 1 is 0.671 bits per heavy atom. The molecule has 8 nitrogen and oxygen atoms in total. The Hall–Kier alpha value is -5.32. The molecule has 8 heteroatoms. The molecule has 4 aromatic rings. The molecule has 2 aliphatic carbocycles. The van der Waals surface area contributed by atoms with Crippen molar-refractivity contribution in [3.05, 3.63) is 197 Å². The third-order valence-electron chi connectivity index (χ3n) is 16.4. The number of nitrogens with one attached hydrogen (secondary N) is 1. The molecule has 2 saturated heterocycles. The second-order valence-corrected chi connectivity index (χ2v) is 21.4. The van der Waals surface area contributed by atoms with E-state index in [0.717, 1.165) is 83.4 Å². The number of rotatable bonds is 21. The van der Waals surface area contributed by atoms with Crippen LogP contribution in [0.1, 0.15) is 171 Å². The quantitative estimate of drug-likeness (QED) is 0.0827. The third-order valence-corrected chi connectivity index (χ3v) is 16.4. The zero-order chi connectivity index (χ0) is 60.4. The lowest BCUT2D eigenvalue weighted by atomic mass is 9.89. The Labute approximate surface area is 504 Å². The predicted molar refractivity (Wildman–Crippen MR) is 363 cm³/mol. The Morgan fingerprint density at radius 3 is 1.74 bits per heavy atom. The van der Waals surface area contributed by atoms with Crippen molar-refractivity contribution in [1.29, 1.82) is 0 Å². The predicted octanol–water partition coefficient (Wildman–Crippen LogP) is 16.8. The smallest absolute Gasteiger partial charge is 0.0768 e. The molecule has 4 atom stereocenters. The van der Waals surface area contributed by atoms with Crippen LogP contribution in [0.25, 0.3) is 18.2 Å². The van der Waals surface area contributed by atoms with E-state index in [0.29, 0.717) is 18.0 Å². The fraction of sp³-hybridized carbons (Fsp3) is 0.514. The van der Waals surface area contributed by atoms with Crippen LogP contribution in [0.4, 0.5) is 0 Å². The van der Waals surface area contributed by atoms with Crippen LogP contribution in [0.2, 0.25) is 0 Å². The molecule has 0 bridgehead atoms. The molecule has 0 spiro atoms. The minimum atomic E-state index is 0.0826. The molecule has 452 valence electrons. The van der Waals surface area contributed by atoms with E-state index in [4.69, 9.17) is 0 Å². The summed E-state index contributed by atoms with van der Waals surface area (Å²) in [6.45, 7) is 48.5. The van der Waals surface area contributed by atoms with Crippen molar-refractivity contribution in [2.45, 2.75) is 159 Å². The summed E-state index contributed by atoms with van der Waals surface area (Å²) >= 11 is 0. The summed E-state index contributed by atoms with van der Waals surface area (Å²) in [6, 6.07) is 36.5. The van der Waals surface area contributed by atoms with Crippen molar-refractivity contribution in [1.82, 2.24) is 40.1 Å². The summed E-state index contributed by atoms with van der Waals surface area (Å²) in [5, 5.41) is 7.11. The van der Waals surface area contributed by atoms with Crippen LogP contribution in [-0.4, -0.2) is 133 Å². The Kier molecular flexibility index (Phi) is 34.6. The van der Waals surface area contributed by atoms with Gasteiger partial charge in [-0.2, -0.15) is 0 Å². The van der Waals surface area contributed by atoms with Gasteiger partial charge < -0.3 is 9.91 Å². The van der Waals surface area contributed by atoms with E-state index in [2.05, 4.69) is 235 Å². The van der Waals surface area contributed by atoms with Crippen molar-refractivity contribution in [3.63, 3.8) is 0 Å². The van der Waals surface area contributed by atoms with Crippen LogP contribution in [0.5, 0.6) is 0 Å². The van der Waals surface area contributed by atoms with Crippen molar-refractivity contribution < 1.29 is 0 Å². The zero-order valence-electron chi connectivity index (χ0n) is 54.6. The van der Waals surface area contributed by atoms with Gasteiger partial charge >= 0.3 is 0 Å². The third kappa shape index (κ3) is 20.8. The molecule has 82 heavy (non-hydrogen) atoms. The second kappa shape index (κ2) is 40.0. The molecule has 3 fully saturated rings. The first-order valence-corrected chi connectivity index (χ1v) is 32.2. The highest BCUT2D eigenvalue weighted by molar-refractivity contribution is 5.68. The monoisotopic (exact) mass is 1120 g/mol. The SMILES string of the molecule is C=Cc1c(/C=C\C)cccc1C(C(C)N(CCc1ccccc1)N(C)C)N1CCN(C2CCCCC2)CC1.C=Cc1c(C)cccc1C(C(=C)N(CCc1ccccc1)NC)N1CCN(C2=CCC(C)C=C2)CC1.CC.CC.CC.CC. The van der Waals surface area contributed by atoms with Crippen molar-refractivity contribution in [2.24, 2.45) is 5.92 Å². The topological polar surface area (TPSA) is 34.7 Å². The second-order valence-electron chi connectivity index (χ2n) is 21.4. The van der Waals surface area contributed by atoms with Gasteiger partial charge in [-0.1, -0.05) is 235 Å². The van der Waals surface area contributed by atoms with E-state index < -0.39 is 0 Å². The molecule has 4 unspecified atom stereocenters. The molecule has 1 N–H and O–H groups in total. The Morgan fingerprint density at radius 2 is 1.22 bits per heavy atom. The highest BCUT2D eigenvalue weighted by Gasteiger charge is 2.36. The molecule has 0 aromatic heterocycles. The van der Waals surface area contributed by atoms with Crippen molar-refractivity contribution in [3.8, 4) is 0 Å². The van der Waals surface area contributed by atoms with Crippen molar-refractivity contribution >= 4 is 18.2 Å². The minimum Gasteiger partial charge on any atom is -0.369 e. The van der Waals surface area contributed by atoms with E-state index in [9.17, 15) is 0 Å². The molecule has 2 heterocycles. The molecule has 4 aromatic carbocycles. The first-order valence-electron chi connectivity index (χ1n) is 32.2. The minimum absolute atomic E-state index is 0.0826. The fourth-order valence-corrected chi connectivity index (χ4v) is 12.3. The molecule has 0 amide bonds. The maximum absolute atomic E-state index is 4.66. The molecule has 8 rings (SSSR count). The molecule has 0 radical (unpaired) electrons. The van der Waals surface area contributed by atoms with Gasteiger partial charge in [0.2, 0.25) is 0 Å². The molecule has 4 aliphatic rings. The van der Waals surface area contributed by atoms with Crippen LogP contribution in [-0.2, 0) is 12.8 Å². The summed E-state index contributed by atoms with van der Waals surface area (Å²) in [6.07, 6.45) is 25.6. The van der Waals surface area contributed by atoms with E-state index >= 15 is 0 Å². The lowest BCUT2D eigenvalue weighted by Crippen LogP contribution is -2.56. The van der Waals surface area contributed by atoms with Crippen molar-refractivity contribution in [2.75, 3.05) is 86.6 Å². The van der Waals surface area contributed by atoms with Gasteiger partial charge in [0.05, 0.1) is 12.1 Å².